The molecule has 1 atom stereocenters. The van der Waals surface area contributed by atoms with Crippen molar-refractivity contribution in [1.29, 1.82) is 0 Å². The van der Waals surface area contributed by atoms with Gasteiger partial charge in [-0.1, -0.05) is 139 Å². The van der Waals surface area contributed by atoms with Gasteiger partial charge in [-0.3, -0.25) is 9.59 Å². The lowest BCUT2D eigenvalue weighted by Crippen LogP contribution is -2.28. The molecule has 0 aromatic carbocycles. The van der Waals surface area contributed by atoms with Crippen molar-refractivity contribution >= 4 is 11.9 Å². The number of hydrogen-bond donors (Lipinski definition) is 1. The minimum absolute atomic E-state index is 0.0805. The molecule has 0 spiro atoms. The molecule has 0 unspecified atom stereocenters. The fourth-order valence-electron chi connectivity index (χ4n) is 4.46. The smallest absolute Gasteiger partial charge is 0.306 e. The first-order valence-corrected chi connectivity index (χ1v) is 17.3. The Balaban J connectivity index is 3.69. The fraction of sp³-hybridized carbons (Fsp3) is 0.684. The average molecular weight is 601 g/mol. The Kier molecular flexibility index (Phi) is 32.2. The highest BCUT2D eigenvalue weighted by atomic mass is 16.6. The summed E-state index contributed by atoms with van der Waals surface area (Å²) in [7, 11) is 0. The summed E-state index contributed by atoms with van der Waals surface area (Å²) in [6.45, 7) is 3.96. The van der Waals surface area contributed by atoms with Crippen LogP contribution in [0.4, 0.5) is 0 Å². The summed E-state index contributed by atoms with van der Waals surface area (Å²) in [5.41, 5.74) is 0. The number of ether oxygens (including phenoxy) is 2. The van der Waals surface area contributed by atoms with Crippen LogP contribution in [-0.4, -0.2) is 36.4 Å². The lowest BCUT2D eigenvalue weighted by atomic mass is 10.1. The quantitative estimate of drug-likeness (QED) is 0.0504. The number of carbonyl (C=O) groups is 2. The number of aliphatic hydroxyl groups excluding tert-OH is 1. The van der Waals surface area contributed by atoms with Crippen LogP contribution in [-0.2, 0) is 19.1 Å². The van der Waals surface area contributed by atoms with Crippen molar-refractivity contribution in [3.8, 4) is 0 Å². The van der Waals surface area contributed by atoms with Crippen LogP contribution in [0.3, 0.4) is 0 Å². The maximum absolute atomic E-state index is 12.1. The molecular weight excluding hydrogens is 536 g/mol. The van der Waals surface area contributed by atoms with Crippen molar-refractivity contribution in [3.63, 3.8) is 0 Å². The Morgan fingerprint density at radius 1 is 0.558 bits per heavy atom. The molecule has 246 valence electrons. The predicted molar refractivity (Wildman–Crippen MR) is 182 cm³/mol. The van der Waals surface area contributed by atoms with Crippen molar-refractivity contribution in [1.82, 2.24) is 0 Å². The number of esters is 2. The van der Waals surface area contributed by atoms with Gasteiger partial charge in [0.15, 0.2) is 6.10 Å². The predicted octanol–water partition coefficient (Wildman–Crippen LogP) is 10.4. The van der Waals surface area contributed by atoms with Crippen molar-refractivity contribution < 1.29 is 24.2 Å². The molecule has 0 aliphatic heterocycles. The van der Waals surface area contributed by atoms with Gasteiger partial charge in [0.25, 0.3) is 0 Å². The summed E-state index contributed by atoms with van der Waals surface area (Å²) in [4.78, 5) is 24.1. The van der Waals surface area contributed by atoms with Gasteiger partial charge in [0.2, 0.25) is 0 Å². The highest BCUT2D eigenvalue weighted by Gasteiger charge is 2.16. The molecule has 43 heavy (non-hydrogen) atoms. The first-order chi connectivity index (χ1) is 21.1. The summed E-state index contributed by atoms with van der Waals surface area (Å²) in [6.07, 6.45) is 42.7. The van der Waals surface area contributed by atoms with Gasteiger partial charge in [-0.2, -0.15) is 0 Å². The van der Waals surface area contributed by atoms with Crippen molar-refractivity contribution in [2.45, 2.75) is 155 Å². The van der Waals surface area contributed by atoms with E-state index in [1.807, 2.05) is 0 Å². The molecule has 0 aromatic heterocycles. The van der Waals surface area contributed by atoms with Gasteiger partial charge in [-0.05, 0) is 57.8 Å². The molecule has 5 nitrogen and oxygen atoms in total. The standard InChI is InChI=1S/C38H64O5/c1-3-5-7-9-11-13-15-16-17-18-19-20-21-22-23-25-27-29-31-33-38(41)43-36(34-39)35-42-37(40)32-30-28-26-24-14-12-10-8-6-4-2/h5,7,11,13,16-17,19-20,22-23,36,39H,3-4,6,8-10,12,14-15,18,21,24-35H2,1-2H3/b7-5+,13-11+,17-16+,20-19+,23-22+/t36-/m0/s1. The van der Waals surface area contributed by atoms with E-state index in [0.29, 0.717) is 12.8 Å². The minimum Gasteiger partial charge on any atom is -0.462 e. The third-order valence-corrected chi connectivity index (χ3v) is 7.08. The molecule has 0 aromatic rings. The second-order valence-corrected chi connectivity index (χ2v) is 11.2. The molecule has 0 bridgehead atoms. The van der Waals surface area contributed by atoms with Crippen LogP contribution >= 0.6 is 0 Å². The first-order valence-electron chi connectivity index (χ1n) is 17.3. The van der Waals surface area contributed by atoms with E-state index in [9.17, 15) is 14.7 Å². The highest BCUT2D eigenvalue weighted by molar-refractivity contribution is 5.70. The van der Waals surface area contributed by atoms with Crippen LogP contribution in [0, 0.1) is 0 Å². The van der Waals surface area contributed by atoms with Gasteiger partial charge in [0.1, 0.15) is 6.61 Å². The van der Waals surface area contributed by atoms with E-state index in [1.165, 1.54) is 44.9 Å². The molecule has 0 heterocycles. The molecule has 0 radical (unpaired) electrons. The Labute approximate surface area is 264 Å². The van der Waals surface area contributed by atoms with Gasteiger partial charge in [0, 0.05) is 12.8 Å². The molecule has 0 saturated heterocycles. The van der Waals surface area contributed by atoms with Crippen molar-refractivity contribution in [2.75, 3.05) is 13.2 Å². The number of carbonyl (C=O) groups excluding carboxylic acids is 2. The van der Waals surface area contributed by atoms with E-state index in [2.05, 4.69) is 74.6 Å². The minimum atomic E-state index is -0.787. The summed E-state index contributed by atoms with van der Waals surface area (Å²) in [5, 5.41) is 9.50. The van der Waals surface area contributed by atoms with Gasteiger partial charge in [-0.15, -0.1) is 0 Å². The third kappa shape index (κ3) is 32.4. The largest absolute Gasteiger partial charge is 0.462 e. The van der Waals surface area contributed by atoms with E-state index in [-0.39, 0.29) is 25.2 Å². The third-order valence-electron chi connectivity index (χ3n) is 7.08. The van der Waals surface area contributed by atoms with E-state index in [1.54, 1.807) is 0 Å². The van der Waals surface area contributed by atoms with Crippen molar-refractivity contribution in [2.24, 2.45) is 0 Å². The molecule has 0 aliphatic carbocycles. The summed E-state index contributed by atoms with van der Waals surface area (Å²) >= 11 is 0. The summed E-state index contributed by atoms with van der Waals surface area (Å²) < 4.78 is 10.5. The molecule has 5 heteroatoms. The SMILES string of the molecule is CC/C=C/C/C=C/C/C=C/C/C=C/C/C=C/CCCCCC(=O)O[C@@H](CO)COC(=O)CCCCCCCCCCCC. The van der Waals surface area contributed by atoms with E-state index in [0.717, 1.165) is 77.0 Å². The Morgan fingerprint density at radius 2 is 1.00 bits per heavy atom. The molecule has 1 N–H and O–H groups in total. The number of hydrogen-bond acceptors (Lipinski definition) is 5. The zero-order chi connectivity index (χ0) is 31.5. The number of unbranched alkanes of at least 4 members (excludes halogenated alkanes) is 12. The monoisotopic (exact) mass is 600 g/mol. The Bertz CT molecular complexity index is 777. The van der Waals surface area contributed by atoms with Gasteiger partial charge in [0.05, 0.1) is 6.61 Å². The molecule has 0 aliphatic rings. The molecule has 0 saturated carbocycles. The highest BCUT2D eigenvalue weighted by Crippen LogP contribution is 2.12. The number of allylic oxidation sites excluding steroid dienone is 10. The molecule has 0 fully saturated rings. The molecule has 0 rings (SSSR count). The average Bonchev–Trinajstić information content (AvgIpc) is 3.01. The maximum Gasteiger partial charge on any atom is 0.306 e. The van der Waals surface area contributed by atoms with E-state index in [4.69, 9.17) is 9.47 Å². The summed E-state index contributed by atoms with van der Waals surface area (Å²) in [6, 6.07) is 0. The number of aliphatic hydroxyl groups is 1. The zero-order valence-corrected chi connectivity index (χ0v) is 27.7. The number of rotatable bonds is 30. The van der Waals surface area contributed by atoms with E-state index >= 15 is 0 Å². The fourth-order valence-corrected chi connectivity index (χ4v) is 4.46. The van der Waals surface area contributed by atoms with Crippen molar-refractivity contribution in [3.05, 3.63) is 60.8 Å². The Morgan fingerprint density at radius 3 is 1.51 bits per heavy atom. The normalized spacial score (nSPS) is 12.9. The lowest BCUT2D eigenvalue weighted by Gasteiger charge is -2.15. The van der Waals surface area contributed by atoms with Crippen LogP contribution in [0.15, 0.2) is 60.8 Å². The van der Waals surface area contributed by atoms with Gasteiger partial charge in [-0.25, -0.2) is 0 Å². The van der Waals surface area contributed by atoms with Crippen LogP contribution in [0.5, 0.6) is 0 Å². The van der Waals surface area contributed by atoms with Gasteiger partial charge < -0.3 is 14.6 Å². The lowest BCUT2D eigenvalue weighted by molar-refractivity contribution is -0.161. The Hall–Kier alpha value is -2.40. The molecule has 0 amide bonds. The van der Waals surface area contributed by atoms with Crippen LogP contribution < -0.4 is 0 Å². The first kappa shape index (κ1) is 40.6. The molecular formula is C38H64O5. The summed E-state index contributed by atoms with van der Waals surface area (Å²) in [5.74, 6) is -0.635. The van der Waals surface area contributed by atoms with Crippen LogP contribution in [0.25, 0.3) is 0 Å². The second kappa shape index (κ2) is 34.1. The topological polar surface area (TPSA) is 72.8 Å². The maximum atomic E-state index is 12.1. The zero-order valence-electron chi connectivity index (χ0n) is 27.7. The van der Waals surface area contributed by atoms with E-state index < -0.39 is 6.10 Å². The van der Waals surface area contributed by atoms with Gasteiger partial charge >= 0.3 is 11.9 Å². The second-order valence-electron chi connectivity index (χ2n) is 11.2. The van der Waals surface area contributed by atoms with Crippen LogP contribution in [0.2, 0.25) is 0 Å². The van der Waals surface area contributed by atoms with Crippen LogP contribution in [0.1, 0.15) is 149 Å².